The summed E-state index contributed by atoms with van der Waals surface area (Å²) in [5.74, 6) is -0.144. The Morgan fingerprint density at radius 2 is 1.57 bits per heavy atom. The van der Waals surface area contributed by atoms with Gasteiger partial charge in [-0.05, 0) is 35.9 Å². The highest BCUT2D eigenvalue weighted by atomic mass is 16.4. The predicted molar refractivity (Wildman–Crippen MR) is 85.8 cm³/mol. The van der Waals surface area contributed by atoms with E-state index in [9.17, 15) is 9.90 Å². The number of carboxylic acid groups (broad SMARTS) is 1. The maximum absolute atomic E-state index is 10.7. The first-order valence-corrected chi connectivity index (χ1v) is 6.94. The molecule has 0 amide bonds. The largest absolute Gasteiger partial charge is 0.545 e. The van der Waals surface area contributed by atoms with Crippen LogP contribution in [0, 0.1) is 0 Å². The minimum absolute atomic E-state index is 0.121. The van der Waals surface area contributed by atoms with Gasteiger partial charge in [0.2, 0.25) is 5.95 Å². The molecule has 2 aromatic carbocycles. The van der Waals surface area contributed by atoms with Crippen molar-refractivity contribution in [1.29, 1.82) is 0 Å². The Hall–Kier alpha value is -3.41. The number of nitrogens with zero attached hydrogens (tertiary/aromatic N) is 2. The summed E-state index contributed by atoms with van der Waals surface area (Å²) in [6, 6.07) is 17.6. The molecular formula is C17H13N4O2-. The third-order valence-corrected chi connectivity index (χ3v) is 3.08. The van der Waals surface area contributed by atoms with Crippen molar-refractivity contribution in [1.82, 2.24) is 9.97 Å². The van der Waals surface area contributed by atoms with Crippen LogP contribution in [-0.4, -0.2) is 15.9 Å². The molecule has 0 spiro atoms. The van der Waals surface area contributed by atoms with Gasteiger partial charge < -0.3 is 20.5 Å². The van der Waals surface area contributed by atoms with Gasteiger partial charge in [-0.25, -0.2) is 4.98 Å². The summed E-state index contributed by atoms with van der Waals surface area (Å²) in [5.41, 5.74) is 1.73. The maximum Gasteiger partial charge on any atom is 0.229 e. The topological polar surface area (TPSA) is 90.0 Å². The van der Waals surface area contributed by atoms with Gasteiger partial charge in [-0.3, -0.25) is 0 Å². The molecular weight excluding hydrogens is 292 g/mol. The summed E-state index contributed by atoms with van der Waals surface area (Å²) in [7, 11) is 0. The number of hydrogen-bond donors (Lipinski definition) is 2. The number of carboxylic acids is 1. The lowest BCUT2D eigenvalue weighted by atomic mass is 10.2. The van der Waals surface area contributed by atoms with Crippen molar-refractivity contribution >= 4 is 29.1 Å². The molecule has 0 aliphatic rings. The van der Waals surface area contributed by atoms with Crippen LogP contribution in [0.15, 0.2) is 66.9 Å². The number of carbonyl (C=O) groups is 1. The molecule has 0 aliphatic carbocycles. The van der Waals surface area contributed by atoms with Gasteiger partial charge in [-0.15, -0.1) is 0 Å². The molecule has 0 atom stereocenters. The standard InChI is InChI=1S/C17H14N4O2/c22-16(23)12-6-8-14(9-7-12)20-17-18-11-10-15(21-17)19-13-4-2-1-3-5-13/h1-11H,(H,22,23)(H2,18,19,20,21)/p-1. The van der Waals surface area contributed by atoms with E-state index < -0.39 is 5.97 Å². The van der Waals surface area contributed by atoms with E-state index >= 15 is 0 Å². The number of nitrogens with one attached hydrogen (secondary N) is 2. The first kappa shape index (κ1) is 14.5. The quantitative estimate of drug-likeness (QED) is 0.752. The molecule has 0 radical (unpaired) electrons. The summed E-state index contributed by atoms with van der Waals surface area (Å²) in [6.07, 6.45) is 1.64. The van der Waals surface area contributed by atoms with E-state index in [0.29, 0.717) is 17.5 Å². The van der Waals surface area contributed by atoms with Crippen LogP contribution in [0.5, 0.6) is 0 Å². The van der Waals surface area contributed by atoms with Gasteiger partial charge in [0.1, 0.15) is 5.82 Å². The fourth-order valence-corrected chi connectivity index (χ4v) is 1.98. The Bertz CT molecular complexity index is 804. The average molecular weight is 305 g/mol. The Morgan fingerprint density at radius 1 is 0.870 bits per heavy atom. The minimum Gasteiger partial charge on any atom is -0.545 e. The van der Waals surface area contributed by atoms with E-state index in [4.69, 9.17) is 0 Å². The van der Waals surface area contributed by atoms with Crippen LogP contribution in [0.3, 0.4) is 0 Å². The van der Waals surface area contributed by atoms with Gasteiger partial charge in [-0.2, -0.15) is 4.98 Å². The van der Waals surface area contributed by atoms with Gasteiger partial charge >= 0.3 is 0 Å². The predicted octanol–water partition coefficient (Wildman–Crippen LogP) is 2.33. The second kappa shape index (κ2) is 6.57. The second-order valence-corrected chi connectivity index (χ2v) is 4.75. The van der Waals surface area contributed by atoms with E-state index in [1.54, 1.807) is 24.4 Å². The van der Waals surface area contributed by atoms with Crippen LogP contribution < -0.4 is 15.7 Å². The van der Waals surface area contributed by atoms with Crippen LogP contribution in [0.4, 0.5) is 23.1 Å². The molecule has 0 saturated heterocycles. The van der Waals surface area contributed by atoms with Crippen molar-refractivity contribution in [3.05, 3.63) is 72.4 Å². The molecule has 0 unspecified atom stereocenters. The smallest absolute Gasteiger partial charge is 0.229 e. The van der Waals surface area contributed by atoms with Crippen molar-refractivity contribution < 1.29 is 9.90 Å². The molecule has 0 aliphatic heterocycles. The van der Waals surface area contributed by atoms with E-state index in [1.165, 1.54) is 12.1 Å². The second-order valence-electron chi connectivity index (χ2n) is 4.75. The number of carbonyl (C=O) groups excluding carboxylic acids is 1. The molecule has 1 heterocycles. The number of para-hydroxylation sites is 1. The average Bonchev–Trinajstić information content (AvgIpc) is 2.57. The Morgan fingerprint density at radius 3 is 2.26 bits per heavy atom. The summed E-state index contributed by atoms with van der Waals surface area (Å²) < 4.78 is 0. The lowest BCUT2D eigenvalue weighted by Crippen LogP contribution is -2.21. The molecule has 6 nitrogen and oxygen atoms in total. The van der Waals surface area contributed by atoms with E-state index in [2.05, 4.69) is 20.6 Å². The van der Waals surface area contributed by atoms with Crippen molar-refractivity contribution in [3.8, 4) is 0 Å². The number of rotatable bonds is 5. The molecule has 0 bridgehead atoms. The SMILES string of the molecule is O=C([O-])c1ccc(Nc2nccc(Nc3ccccc3)n2)cc1. The summed E-state index contributed by atoms with van der Waals surface area (Å²) >= 11 is 0. The third-order valence-electron chi connectivity index (χ3n) is 3.08. The summed E-state index contributed by atoms with van der Waals surface area (Å²) in [5, 5.41) is 16.9. The molecule has 114 valence electrons. The van der Waals surface area contributed by atoms with Crippen molar-refractivity contribution in [2.24, 2.45) is 0 Å². The van der Waals surface area contributed by atoms with Gasteiger partial charge in [0.15, 0.2) is 0 Å². The lowest BCUT2D eigenvalue weighted by Gasteiger charge is -2.09. The highest BCUT2D eigenvalue weighted by molar-refractivity contribution is 5.86. The number of anilines is 4. The molecule has 1 aromatic heterocycles. The molecule has 3 aromatic rings. The van der Waals surface area contributed by atoms with Crippen LogP contribution in [-0.2, 0) is 0 Å². The fourth-order valence-electron chi connectivity index (χ4n) is 1.98. The highest BCUT2D eigenvalue weighted by Crippen LogP contribution is 2.17. The van der Waals surface area contributed by atoms with Crippen LogP contribution in [0.1, 0.15) is 10.4 Å². The fraction of sp³-hybridized carbons (Fsp3) is 0. The Kier molecular flexibility index (Phi) is 4.15. The van der Waals surface area contributed by atoms with Crippen molar-refractivity contribution in [2.45, 2.75) is 0 Å². The van der Waals surface area contributed by atoms with Gasteiger partial charge in [0, 0.05) is 17.6 Å². The Labute approximate surface area is 132 Å². The van der Waals surface area contributed by atoms with Crippen LogP contribution >= 0.6 is 0 Å². The third kappa shape index (κ3) is 3.82. The zero-order valence-corrected chi connectivity index (χ0v) is 12.1. The summed E-state index contributed by atoms with van der Waals surface area (Å²) in [4.78, 5) is 19.2. The normalized spacial score (nSPS) is 10.1. The molecule has 0 saturated carbocycles. The summed E-state index contributed by atoms with van der Waals surface area (Å²) in [6.45, 7) is 0. The van der Waals surface area contributed by atoms with Crippen LogP contribution in [0.2, 0.25) is 0 Å². The van der Waals surface area contributed by atoms with Crippen molar-refractivity contribution in [3.63, 3.8) is 0 Å². The monoisotopic (exact) mass is 305 g/mol. The van der Waals surface area contributed by atoms with Gasteiger partial charge in [0.25, 0.3) is 0 Å². The first-order chi connectivity index (χ1) is 11.2. The van der Waals surface area contributed by atoms with Gasteiger partial charge in [-0.1, -0.05) is 30.3 Å². The maximum atomic E-state index is 10.7. The number of aromatic nitrogens is 2. The highest BCUT2D eigenvalue weighted by Gasteiger charge is 2.01. The van der Waals surface area contributed by atoms with Crippen molar-refractivity contribution in [2.75, 3.05) is 10.6 Å². The van der Waals surface area contributed by atoms with Gasteiger partial charge in [0.05, 0.1) is 5.97 Å². The van der Waals surface area contributed by atoms with E-state index in [-0.39, 0.29) is 5.56 Å². The molecule has 2 N–H and O–H groups in total. The zero-order valence-electron chi connectivity index (χ0n) is 12.1. The zero-order chi connectivity index (χ0) is 16.1. The van der Waals surface area contributed by atoms with Crippen LogP contribution in [0.25, 0.3) is 0 Å². The lowest BCUT2D eigenvalue weighted by molar-refractivity contribution is -0.255. The first-order valence-electron chi connectivity index (χ1n) is 6.94. The molecule has 6 heteroatoms. The number of aromatic carboxylic acids is 1. The molecule has 0 fully saturated rings. The number of benzene rings is 2. The van der Waals surface area contributed by atoms with E-state index in [1.807, 2.05) is 30.3 Å². The minimum atomic E-state index is -1.21. The number of hydrogen-bond acceptors (Lipinski definition) is 6. The van der Waals surface area contributed by atoms with E-state index in [0.717, 1.165) is 5.69 Å². The Balaban J connectivity index is 1.73. The molecule has 23 heavy (non-hydrogen) atoms. The molecule has 3 rings (SSSR count).